The zero-order chi connectivity index (χ0) is 29.9. The minimum atomic E-state index is -0.641. The van der Waals surface area contributed by atoms with E-state index in [0.29, 0.717) is 41.8 Å². The topological polar surface area (TPSA) is 102 Å². The Morgan fingerprint density at radius 1 is 1.00 bits per heavy atom. The van der Waals surface area contributed by atoms with Gasteiger partial charge in [0.1, 0.15) is 24.1 Å². The highest BCUT2D eigenvalue weighted by Gasteiger charge is 2.31. The summed E-state index contributed by atoms with van der Waals surface area (Å²) in [7, 11) is 1.64. The number of H-pyrrole nitrogens is 1. The lowest BCUT2D eigenvalue weighted by molar-refractivity contribution is 0.193. The number of methoxy groups -OCH3 is 1. The molecular weight excluding hydrogens is 564 g/mol. The van der Waals surface area contributed by atoms with Crippen molar-refractivity contribution in [3.8, 4) is 5.75 Å². The Hall–Kier alpha value is -4.73. The van der Waals surface area contributed by atoms with Crippen LogP contribution in [0, 0.1) is 13.8 Å². The van der Waals surface area contributed by atoms with Crippen LogP contribution in [0.1, 0.15) is 45.4 Å². The predicted octanol–water partition coefficient (Wildman–Crippen LogP) is 6.23. The monoisotopic (exact) mass is 594 g/mol. The Labute approximate surface area is 253 Å². The number of benzene rings is 3. The minimum Gasteiger partial charge on any atom is -0.497 e. The van der Waals surface area contributed by atoms with Gasteiger partial charge in [-0.05, 0) is 100 Å². The number of furan rings is 1. The van der Waals surface area contributed by atoms with Crippen molar-refractivity contribution in [1.82, 2.24) is 30.1 Å². The van der Waals surface area contributed by atoms with Crippen molar-refractivity contribution in [2.75, 3.05) is 7.11 Å². The van der Waals surface area contributed by atoms with Gasteiger partial charge in [-0.1, -0.05) is 41.9 Å². The number of aromatic amines is 1. The van der Waals surface area contributed by atoms with E-state index in [9.17, 15) is 4.79 Å². The highest BCUT2D eigenvalue weighted by Crippen LogP contribution is 2.32. The van der Waals surface area contributed by atoms with Crippen LogP contribution in [-0.4, -0.2) is 37.2 Å². The Bertz CT molecular complexity index is 1910. The molecule has 43 heavy (non-hydrogen) atoms. The fourth-order valence-corrected chi connectivity index (χ4v) is 5.51. The lowest BCUT2D eigenvalue weighted by Crippen LogP contribution is -2.35. The number of hydrogen-bond donors (Lipinski definition) is 1. The maximum Gasteiger partial charge on any atom is 0.253 e. The van der Waals surface area contributed by atoms with E-state index in [1.54, 1.807) is 18.1 Å². The molecule has 0 radical (unpaired) electrons. The van der Waals surface area contributed by atoms with Gasteiger partial charge in [0.2, 0.25) is 0 Å². The van der Waals surface area contributed by atoms with Crippen molar-refractivity contribution >= 4 is 22.5 Å². The highest BCUT2D eigenvalue weighted by molar-refractivity contribution is 6.31. The van der Waals surface area contributed by atoms with Crippen LogP contribution in [0.15, 0.2) is 94.3 Å². The number of nitrogens with one attached hydrogen (secondary N) is 1. The molecule has 3 heterocycles. The number of aryl methyl sites for hydroxylation is 2. The molecule has 0 amide bonds. The zero-order valence-electron chi connectivity index (χ0n) is 24.1. The Kier molecular flexibility index (Phi) is 8.09. The summed E-state index contributed by atoms with van der Waals surface area (Å²) in [4.78, 5) is 19.2. The van der Waals surface area contributed by atoms with E-state index in [2.05, 4.69) is 38.4 Å². The van der Waals surface area contributed by atoms with E-state index in [-0.39, 0.29) is 5.56 Å². The molecule has 0 aliphatic rings. The third kappa shape index (κ3) is 6.09. The number of fused-ring (bicyclic) bond motifs is 1. The maximum absolute atomic E-state index is 13.9. The summed E-state index contributed by atoms with van der Waals surface area (Å²) in [6.45, 7) is 5.30. The summed E-state index contributed by atoms with van der Waals surface area (Å²) in [5.41, 5.74) is 5.26. The molecular formula is C33H31ClN6O3. The van der Waals surface area contributed by atoms with Gasteiger partial charge in [-0.25, -0.2) is 4.68 Å². The summed E-state index contributed by atoms with van der Waals surface area (Å²) >= 11 is 6.69. The van der Waals surface area contributed by atoms with Crippen molar-refractivity contribution in [1.29, 1.82) is 0 Å². The summed E-state index contributed by atoms with van der Waals surface area (Å²) < 4.78 is 12.7. The zero-order valence-corrected chi connectivity index (χ0v) is 24.9. The van der Waals surface area contributed by atoms with Crippen LogP contribution >= 0.6 is 11.6 Å². The Morgan fingerprint density at radius 3 is 2.53 bits per heavy atom. The first-order chi connectivity index (χ1) is 20.9. The van der Waals surface area contributed by atoms with Crippen molar-refractivity contribution in [2.45, 2.75) is 39.5 Å². The van der Waals surface area contributed by atoms with Crippen LogP contribution in [0.3, 0.4) is 0 Å². The van der Waals surface area contributed by atoms with Gasteiger partial charge < -0.3 is 14.1 Å². The smallest absolute Gasteiger partial charge is 0.253 e. The Balaban J connectivity index is 1.54. The second kappa shape index (κ2) is 12.2. The Morgan fingerprint density at radius 2 is 1.79 bits per heavy atom. The van der Waals surface area contributed by atoms with E-state index in [1.165, 1.54) is 0 Å². The van der Waals surface area contributed by atoms with Gasteiger partial charge in [0.05, 0.1) is 13.4 Å². The first-order valence-electron chi connectivity index (χ1n) is 13.9. The number of pyridine rings is 1. The molecule has 1 atom stereocenters. The van der Waals surface area contributed by atoms with Crippen LogP contribution in [-0.2, 0) is 19.6 Å². The van der Waals surface area contributed by atoms with Crippen LogP contribution in [0.4, 0.5) is 0 Å². The van der Waals surface area contributed by atoms with Gasteiger partial charge in [0.25, 0.3) is 5.56 Å². The molecule has 0 saturated heterocycles. The summed E-state index contributed by atoms with van der Waals surface area (Å²) in [6.07, 6.45) is 1.61. The van der Waals surface area contributed by atoms with E-state index in [4.69, 9.17) is 20.8 Å². The van der Waals surface area contributed by atoms with Crippen LogP contribution in [0.5, 0.6) is 5.75 Å². The average Bonchev–Trinajstić information content (AvgIpc) is 3.69. The third-order valence-electron chi connectivity index (χ3n) is 7.71. The van der Waals surface area contributed by atoms with Crippen molar-refractivity contribution in [2.24, 2.45) is 0 Å². The van der Waals surface area contributed by atoms with Crippen molar-refractivity contribution in [3.05, 3.63) is 140 Å². The molecule has 3 aromatic carbocycles. The third-order valence-corrected chi connectivity index (χ3v) is 8.08. The van der Waals surface area contributed by atoms with Gasteiger partial charge in [-0.3, -0.25) is 9.69 Å². The number of tetrazole rings is 1. The van der Waals surface area contributed by atoms with Gasteiger partial charge >= 0.3 is 0 Å². The molecule has 6 rings (SSSR count). The van der Waals surface area contributed by atoms with Gasteiger partial charge in [-0.2, -0.15) is 0 Å². The van der Waals surface area contributed by atoms with Crippen molar-refractivity contribution in [3.63, 3.8) is 0 Å². The molecule has 0 spiro atoms. The number of rotatable bonds is 10. The first kappa shape index (κ1) is 28.4. The standard InChI is InChI=1S/C33H31ClN6O3/c1-21-15-25-17-28(33(41)35-30(25)16-22(21)2)31(32-36-37-38-40(32)20-27-8-6-14-43-27)39(19-24-7-4-5-9-29(24)34)18-23-10-12-26(42-3)13-11-23/h4-17,31H,18-20H2,1-3H3,(H,35,41)/t31-/m0/s1. The fourth-order valence-electron chi connectivity index (χ4n) is 5.32. The lowest BCUT2D eigenvalue weighted by atomic mass is 9.99. The molecule has 10 heteroatoms. The molecule has 1 N–H and O–H groups in total. The molecule has 6 aromatic rings. The second-order valence-corrected chi connectivity index (χ2v) is 11.0. The molecule has 218 valence electrons. The number of hydrogen-bond acceptors (Lipinski definition) is 7. The van der Waals surface area contributed by atoms with E-state index in [1.807, 2.05) is 79.7 Å². The van der Waals surface area contributed by atoms with Crippen LogP contribution in [0.2, 0.25) is 5.02 Å². The lowest BCUT2D eigenvalue weighted by Gasteiger charge is -2.31. The fraction of sp³-hybridized carbons (Fsp3) is 0.212. The SMILES string of the molecule is COc1ccc(CN(Cc2ccccc2Cl)[C@@H](c2cc3cc(C)c(C)cc3[nH]c2=O)c2nnnn2Cc2ccco2)cc1. The quantitative estimate of drug-likeness (QED) is 0.201. The van der Waals surface area contributed by atoms with E-state index < -0.39 is 6.04 Å². The average molecular weight is 595 g/mol. The minimum absolute atomic E-state index is 0.216. The molecule has 3 aromatic heterocycles. The molecule has 0 aliphatic heterocycles. The normalized spacial score (nSPS) is 12.2. The summed E-state index contributed by atoms with van der Waals surface area (Å²) in [5.74, 6) is 1.96. The van der Waals surface area contributed by atoms with E-state index >= 15 is 0 Å². The highest BCUT2D eigenvalue weighted by atomic mass is 35.5. The molecule has 0 fully saturated rings. The maximum atomic E-state index is 13.9. The summed E-state index contributed by atoms with van der Waals surface area (Å²) in [5, 5.41) is 14.4. The number of halogens is 1. The largest absolute Gasteiger partial charge is 0.497 e. The van der Waals surface area contributed by atoms with E-state index in [0.717, 1.165) is 38.9 Å². The van der Waals surface area contributed by atoms with Crippen LogP contribution in [0.25, 0.3) is 10.9 Å². The van der Waals surface area contributed by atoms with Gasteiger partial charge in [0.15, 0.2) is 5.82 Å². The number of nitrogens with zero attached hydrogens (tertiary/aromatic N) is 5. The van der Waals surface area contributed by atoms with Gasteiger partial charge in [0, 0.05) is 29.2 Å². The first-order valence-corrected chi connectivity index (χ1v) is 14.3. The van der Waals surface area contributed by atoms with Gasteiger partial charge in [-0.15, -0.1) is 5.10 Å². The van der Waals surface area contributed by atoms with Crippen molar-refractivity contribution < 1.29 is 9.15 Å². The molecule has 9 nitrogen and oxygen atoms in total. The predicted molar refractivity (Wildman–Crippen MR) is 165 cm³/mol. The van der Waals surface area contributed by atoms with Crippen LogP contribution < -0.4 is 10.3 Å². The molecule has 0 saturated carbocycles. The molecule has 0 bridgehead atoms. The number of aromatic nitrogens is 5. The summed E-state index contributed by atoms with van der Waals surface area (Å²) in [6, 6.07) is 24.7. The molecule has 0 unspecified atom stereocenters. The molecule has 0 aliphatic carbocycles. The number of ether oxygens (including phenoxy) is 1. The second-order valence-electron chi connectivity index (χ2n) is 10.6.